The van der Waals surface area contributed by atoms with Crippen molar-refractivity contribution in [1.29, 1.82) is 0 Å². The molecular formula is C14H18N2S. The Balaban J connectivity index is 2.27. The minimum Gasteiger partial charge on any atom is -0.313 e. The lowest BCUT2D eigenvalue weighted by Gasteiger charge is -2.16. The zero-order valence-electron chi connectivity index (χ0n) is 10.3. The van der Waals surface area contributed by atoms with Crippen molar-refractivity contribution in [3.8, 4) is 0 Å². The zero-order valence-corrected chi connectivity index (χ0v) is 11.1. The van der Waals surface area contributed by atoms with Crippen molar-refractivity contribution in [3.63, 3.8) is 0 Å². The van der Waals surface area contributed by atoms with Crippen LogP contribution in [0.25, 0.3) is 10.9 Å². The molecule has 2 nitrogen and oxygen atoms in total. The lowest BCUT2D eigenvalue weighted by Crippen LogP contribution is -2.17. The normalized spacial score (nSPS) is 12.8. The van der Waals surface area contributed by atoms with Gasteiger partial charge >= 0.3 is 0 Å². The molecule has 90 valence electrons. The maximum Gasteiger partial charge on any atom is 0.0705 e. The Morgan fingerprint density at radius 1 is 1.35 bits per heavy atom. The summed E-state index contributed by atoms with van der Waals surface area (Å²) in [6, 6.07) is 11.0. The quantitative estimate of drug-likeness (QED) is 0.876. The lowest BCUT2D eigenvalue weighted by molar-refractivity contribution is 0.582. The van der Waals surface area contributed by atoms with Crippen LogP contribution >= 0.6 is 11.8 Å². The van der Waals surface area contributed by atoms with E-state index in [0.29, 0.717) is 6.04 Å². The number of hydrogen-bond acceptors (Lipinski definition) is 3. The first-order valence-electron chi connectivity index (χ1n) is 5.86. The molecule has 0 saturated heterocycles. The lowest BCUT2D eigenvalue weighted by atomic mass is 10.0. The van der Waals surface area contributed by atoms with Crippen LogP contribution in [0.15, 0.2) is 36.5 Å². The molecule has 3 heteroatoms. The van der Waals surface area contributed by atoms with E-state index < -0.39 is 0 Å². The average Bonchev–Trinajstić information content (AvgIpc) is 2.39. The van der Waals surface area contributed by atoms with Crippen LogP contribution in [0, 0.1) is 0 Å². The molecule has 0 bridgehead atoms. The highest BCUT2D eigenvalue weighted by atomic mass is 32.2. The molecule has 0 saturated carbocycles. The maximum atomic E-state index is 4.41. The van der Waals surface area contributed by atoms with Gasteiger partial charge in [-0.15, -0.1) is 0 Å². The van der Waals surface area contributed by atoms with E-state index in [1.807, 2.05) is 31.1 Å². The number of pyridine rings is 1. The fourth-order valence-corrected chi connectivity index (χ4v) is 2.48. The van der Waals surface area contributed by atoms with Gasteiger partial charge in [-0.25, -0.2) is 0 Å². The predicted octanol–water partition coefficient (Wildman–Crippen LogP) is 3.25. The van der Waals surface area contributed by atoms with Crippen LogP contribution < -0.4 is 5.32 Å². The average molecular weight is 246 g/mol. The Morgan fingerprint density at radius 2 is 2.24 bits per heavy atom. The third kappa shape index (κ3) is 2.99. The SMILES string of the molecule is CNC(CCSC)c1ccc2cccnc2c1. The molecule has 1 aromatic carbocycles. The minimum absolute atomic E-state index is 0.425. The Kier molecular flexibility index (Phi) is 4.40. The summed E-state index contributed by atoms with van der Waals surface area (Å²) in [6.45, 7) is 0. The Labute approximate surface area is 107 Å². The molecule has 1 unspecified atom stereocenters. The van der Waals surface area contributed by atoms with E-state index in [0.717, 1.165) is 11.9 Å². The van der Waals surface area contributed by atoms with Gasteiger partial charge in [0.05, 0.1) is 5.52 Å². The van der Waals surface area contributed by atoms with Gasteiger partial charge in [-0.3, -0.25) is 4.98 Å². The minimum atomic E-state index is 0.425. The number of fused-ring (bicyclic) bond motifs is 1. The van der Waals surface area contributed by atoms with E-state index in [4.69, 9.17) is 0 Å². The van der Waals surface area contributed by atoms with Gasteiger partial charge in [-0.2, -0.15) is 11.8 Å². The molecule has 0 aliphatic rings. The highest BCUT2D eigenvalue weighted by molar-refractivity contribution is 7.98. The van der Waals surface area contributed by atoms with Gasteiger partial charge in [0.1, 0.15) is 0 Å². The van der Waals surface area contributed by atoms with E-state index in [2.05, 4.69) is 40.8 Å². The summed E-state index contributed by atoms with van der Waals surface area (Å²) in [4.78, 5) is 4.41. The van der Waals surface area contributed by atoms with Crippen molar-refractivity contribution >= 4 is 22.7 Å². The second kappa shape index (κ2) is 6.03. The van der Waals surface area contributed by atoms with E-state index in [1.54, 1.807) is 0 Å². The monoisotopic (exact) mass is 246 g/mol. The number of benzene rings is 1. The number of hydrogen-bond donors (Lipinski definition) is 1. The Hall–Kier alpha value is -1.06. The van der Waals surface area contributed by atoms with Crippen molar-refractivity contribution in [2.24, 2.45) is 0 Å². The van der Waals surface area contributed by atoms with Crippen molar-refractivity contribution in [1.82, 2.24) is 10.3 Å². The third-order valence-corrected chi connectivity index (χ3v) is 3.64. The van der Waals surface area contributed by atoms with Crippen molar-refractivity contribution in [2.45, 2.75) is 12.5 Å². The van der Waals surface area contributed by atoms with Gasteiger partial charge in [0, 0.05) is 17.6 Å². The van der Waals surface area contributed by atoms with Crippen molar-refractivity contribution in [3.05, 3.63) is 42.1 Å². The number of aromatic nitrogens is 1. The Morgan fingerprint density at radius 3 is 3.00 bits per heavy atom. The second-order valence-corrected chi connectivity index (χ2v) is 5.06. The molecule has 17 heavy (non-hydrogen) atoms. The van der Waals surface area contributed by atoms with Crippen LogP contribution in [0.5, 0.6) is 0 Å². The highest BCUT2D eigenvalue weighted by Crippen LogP contribution is 2.22. The van der Waals surface area contributed by atoms with Gasteiger partial charge < -0.3 is 5.32 Å². The summed E-state index contributed by atoms with van der Waals surface area (Å²) in [7, 11) is 2.02. The summed E-state index contributed by atoms with van der Waals surface area (Å²) < 4.78 is 0. The van der Waals surface area contributed by atoms with Crippen LogP contribution in [0.3, 0.4) is 0 Å². The second-order valence-electron chi connectivity index (χ2n) is 4.08. The first-order valence-corrected chi connectivity index (χ1v) is 7.25. The molecule has 1 aromatic heterocycles. The van der Waals surface area contributed by atoms with E-state index in [9.17, 15) is 0 Å². The van der Waals surface area contributed by atoms with Crippen LogP contribution in [-0.2, 0) is 0 Å². The van der Waals surface area contributed by atoms with Gasteiger partial charge in [0.15, 0.2) is 0 Å². The van der Waals surface area contributed by atoms with Gasteiger partial charge in [-0.05, 0) is 43.2 Å². The molecule has 0 aliphatic heterocycles. The van der Waals surface area contributed by atoms with E-state index >= 15 is 0 Å². The maximum absolute atomic E-state index is 4.41. The van der Waals surface area contributed by atoms with Crippen LogP contribution in [0.1, 0.15) is 18.0 Å². The van der Waals surface area contributed by atoms with Gasteiger partial charge in [0.25, 0.3) is 0 Å². The fourth-order valence-electron chi connectivity index (χ4n) is 2.01. The fraction of sp³-hybridized carbons (Fsp3) is 0.357. The molecule has 2 aromatic rings. The van der Waals surface area contributed by atoms with Crippen molar-refractivity contribution < 1.29 is 0 Å². The third-order valence-electron chi connectivity index (χ3n) is 2.99. The van der Waals surface area contributed by atoms with Gasteiger partial charge in [-0.1, -0.05) is 18.2 Å². The standard InChI is InChI=1S/C14H18N2S/c1-15-13(7-9-17-2)12-6-5-11-4-3-8-16-14(11)10-12/h3-6,8,10,13,15H,7,9H2,1-2H3. The number of thioether (sulfide) groups is 1. The molecule has 0 fully saturated rings. The first-order chi connectivity index (χ1) is 8.35. The molecule has 2 rings (SSSR count). The number of rotatable bonds is 5. The largest absolute Gasteiger partial charge is 0.313 e. The molecule has 1 atom stereocenters. The van der Waals surface area contributed by atoms with Crippen molar-refractivity contribution in [2.75, 3.05) is 19.1 Å². The van der Waals surface area contributed by atoms with Crippen LogP contribution in [0.2, 0.25) is 0 Å². The number of nitrogens with zero attached hydrogens (tertiary/aromatic N) is 1. The van der Waals surface area contributed by atoms with E-state index in [1.165, 1.54) is 16.7 Å². The molecule has 1 N–H and O–H groups in total. The summed E-state index contributed by atoms with van der Waals surface area (Å²) in [5, 5.41) is 4.58. The van der Waals surface area contributed by atoms with Crippen LogP contribution in [0.4, 0.5) is 0 Å². The van der Waals surface area contributed by atoms with Gasteiger partial charge in [0.2, 0.25) is 0 Å². The summed E-state index contributed by atoms with van der Waals surface area (Å²) >= 11 is 1.89. The topological polar surface area (TPSA) is 24.9 Å². The molecular weight excluding hydrogens is 228 g/mol. The first kappa shape index (κ1) is 12.4. The summed E-state index contributed by atoms with van der Waals surface area (Å²) in [6.07, 6.45) is 5.15. The highest BCUT2D eigenvalue weighted by Gasteiger charge is 2.09. The molecule has 0 spiro atoms. The van der Waals surface area contributed by atoms with E-state index in [-0.39, 0.29) is 0 Å². The molecule has 0 radical (unpaired) electrons. The Bertz CT molecular complexity index is 484. The summed E-state index contributed by atoms with van der Waals surface area (Å²) in [5.41, 5.74) is 2.40. The molecule has 1 heterocycles. The summed E-state index contributed by atoms with van der Waals surface area (Å²) in [5.74, 6) is 1.17. The number of nitrogens with one attached hydrogen (secondary N) is 1. The van der Waals surface area contributed by atoms with Crippen LogP contribution in [-0.4, -0.2) is 24.0 Å². The molecule has 0 amide bonds. The smallest absolute Gasteiger partial charge is 0.0705 e. The molecule has 0 aliphatic carbocycles. The predicted molar refractivity (Wildman–Crippen MR) is 76.5 cm³/mol. The zero-order chi connectivity index (χ0) is 12.1.